The first-order valence-corrected chi connectivity index (χ1v) is 19.7. The molecule has 2 aliphatic rings. The first-order valence-electron chi connectivity index (χ1n) is 13.7. The van der Waals surface area contributed by atoms with Crippen molar-refractivity contribution >= 4 is 75.5 Å². The number of amides is 4. The lowest BCUT2D eigenvalue weighted by molar-refractivity contribution is -0.129. The highest BCUT2D eigenvalue weighted by molar-refractivity contribution is 8.04. The third-order valence-corrected chi connectivity index (χ3v) is 13.4. The van der Waals surface area contributed by atoms with Gasteiger partial charge in [0.25, 0.3) is 52.3 Å². The Balaban J connectivity index is 1.75. The van der Waals surface area contributed by atoms with Crippen LogP contribution in [0.3, 0.4) is 0 Å². The van der Waals surface area contributed by atoms with Crippen LogP contribution in [0.15, 0.2) is 71.8 Å². The molecule has 0 unspecified atom stereocenters. The van der Waals surface area contributed by atoms with Crippen molar-refractivity contribution in [3.63, 3.8) is 0 Å². The number of nitrogens with zero attached hydrogens (tertiary/aromatic N) is 2. The molecule has 6 N–H and O–H groups in total. The fraction of sp³-hybridized carbons (Fsp3) is 0.231. The molecular formula is C26H26N4O16S4. The number of carbonyl (C=O) groups excluding carboxylic acids is 4. The molecule has 0 aliphatic carbocycles. The summed E-state index contributed by atoms with van der Waals surface area (Å²) in [5.41, 5.74) is -0.652. The van der Waals surface area contributed by atoms with Crippen molar-refractivity contribution in [2.24, 2.45) is 0 Å². The summed E-state index contributed by atoms with van der Waals surface area (Å²) in [7, 11) is -21.7. The van der Waals surface area contributed by atoms with E-state index in [2.05, 4.69) is 0 Å². The molecule has 0 spiro atoms. The van der Waals surface area contributed by atoms with Crippen LogP contribution in [-0.2, 0) is 59.7 Å². The van der Waals surface area contributed by atoms with Gasteiger partial charge in [-0.05, 0) is 11.1 Å². The SMILES string of the molecule is O=C(CN1C(=O)C2=C(c3ccccc3)N(CC(=O)NCC(S(=O)(=O)O)S(=O)(=O)O)C(=O)C2=C1c1ccccc1)NCC(S(=O)(=O)O)S(=O)(=O)O. The summed E-state index contributed by atoms with van der Waals surface area (Å²) in [5, 5.41) is 3.79. The predicted octanol–water partition coefficient (Wildman–Crippen LogP) is -2.07. The van der Waals surface area contributed by atoms with Crippen LogP contribution in [0, 0.1) is 0 Å². The van der Waals surface area contributed by atoms with E-state index in [-0.39, 0.29) is 33.7 Å². The van der Waals surface area contributed by atoms with Gasteiger partial charge in [-0.2, -0.15) is 33.7 Å². The van der Waals surface area contributed by atoms with Crippen molar-refractivity contribution in [1.29, 1.82) is 0 Å². The lowest BCUT2D eigenvalue weighted by Crippen LogP contribution is -2.45. The summed E-state index contributed by atoms with van der Waals surface area (Å²) < 4.78 is 123. The molecule has 0 fully saturated rings. The van der Waals surface area contributed by atoms with Crippen LogP contribution in [0.1, 0.15) is 11.1 Å². The zero-order chi connectivity index (χ0) is 37.4. The van der Waals surface area contributed by atoms with E-state index in [0.29, 0.717) is 0 Å². The molecule has 2 heterocycles. The van der Waals surface area contributed by atoms with Gasteiger partial charge in [0.2, 0.25) is 21.0 Å². The number of nitrogens with one attached hydrogen (secondary N) is 2. The number of carbonyl (C=O) groups is 4. The highest BCUT2D eigenvalue weighted by Gasteiger charge is 2.50. The minimum absolute atomic E-state index is 0.180. The first-order chi connectivity index (χ1) is 23.0. The molecule has 2 aliphatic heterocycles. The second-order valence-corrected chi connectivity index (χ2v) is 17.5. The molecule has 0 saturated carbocycles. The van der Waals surface area contributed by atoms with Crippen molar-refractivity contribution in [2.75, 3.05) is 26.2 Å². The van der Waals surface area contributed by atoms with Crippen LogP contribution in [0.4, 0.5) is 0 Å². The number of hydrogen-bond donors (Lipinski definition) is 6. The molecule has 2 aromatic rings. The number of benzene rings is 2. The topological polar surface area (TPSA) is 316 Å². The maximum atomic E-state index is 14.1. The largest absolute Gasteiger partial charge is 0.352 e. The zero-order valence-corrected chi connectivity index (χ0v) is 28.2. The summed E-state index contributed by atoms with van der Waals surface area (Å²) >= 11 is 0. The van der Waals surface area contributed by atoms with E-state index < -0.39 is 99.4 Å². The molecule has 0 atom stereocenters. The normalized spacial score (nSPS) is 15.7. The molecule has 0 bridgehead atoms. The summed E-state index contributed by atoms with van der Waals surface area (Å²) in [5.74, 6) is -4.38. The lowest BCUT2D eigenvalue weighted by Gasteiger charge is -2.25. The third kappa shape index (κ3) is 8.24. The smallest absolute Gasteiger partial charge is 0.286 e. The van der Waals surface area contributed by atoms with Gasteiger partial charge in [-0.3, -0.25) is 47.2 Å². The average Bonchev–Trinajstić information content (AvgIpc) is 3.41. The molecule has 0 saturated heterocycles. The molecule has 270 valence electrons. The average molecular weight is 779 g/mol. The van der Waals surface area contributed by atoms with Gasteiger partial charge in [-0.15, -0.1) is 0 Å². The summed E-state index contributed by atoms with van der Waals surface area (Å²) in [6.45, 7) is -4.57. The van der Waals surface area contributed by atoms with Gasteiger partial charge in [0.1, 0.15) is 13.1 Å². The van der Waals surface area contributed by atoms with Crippen molar-refractivity contribution in [3.05, 3.63) is 82.9 Å². The Morgan fingerprint density at radius 1 is 0.540 bits per heavy atom. The molecule has 0 aromatic heterocycles. The monoisotopic (exact) mass is 778 g/mol. The Bertz CT molecular complexity index is 2030. The number of rotatable bonds is 14. The Labute approximate surface area is 284 Å². The summed E-state index contributed by atoms with van der Waals surface area (Å²) in [4.78, 5) is 55.6. The van der Waals surface area contributed by atoms with Crippen LogP contribution < -0.4 is 10.6 Å². The van der Waals surface area contributed by atoms with Crippen molar-refractivity contribution in [2.45, 2.75) is 9.16 Å². The molecule has 4 amide bonds. The van der Waals surface area contributed by atoms with Gasteiger partial charge in [-0.1, -0.05) is 60.7 Å². The highest BCUT2D eigenvalue weighted by Crippen LogP contribution is 2.46. The summed E-state index contributed by atoms with van der Waals surface area (Å²) in [6, 6.07) is 15.0. The molecule has 0 radical (unpaired) electrons. The second kappa shape index (κ2) is 14.0. The molecule has 50 heavy (non-hydrogen) atoms. The molecular weight excluding hydrogens is 753 g/mol. The lowest BCUT2D eigenvalue weighted by atomic mass is 10.0. The maximum absolute atomic E-state index is 14.1. The van der Waals surface area contributed by atoms with Crippen molar-refractivity contribution in [3.8, 4) is 0 Å². The minimum Gasteiger partial charge on any atom is -0.352 e. The fourth-order valence-corrected chi connectivity index (χ4v) is 8.65. The van der Waals surface area contributed by atoms with E-state index in [1.165, 1.54) is 48.5 Å². The Kier molecular flexibility index (Phi) is 10.7. The standard InChI is InChI=1S/C26H26N4O16S4/c31-17(27-11-19(47(35,36)37)48(38,39)40)13-29-23(15-7-3-1-4-8-15)21-22(26(29)34)24(16-9-5-2-6-10-16)30(25(21)33)14-18(32)28-12-20(49(41,42)43)50(44,45)46/h1-10,19-20H,11-14H2,(H,27,31)(H,28,32)(H,35,36,37)(H,38,39,40)(H,41,42,43)(H,44,45,46). The third-order valence-electron chi connectivity index (χ3n) is 7.14. The van der Waals surface area contributed by atoms with Gasteiger partial charge in [0.15, 0.2) is 0 Å². The quantitative estimate of drug-likeness (QED) is 0.112. The van der Waals surface area contributed by atoms with Gasteiger partial charge in [0, 0.05) is 0 Å². The van der Waals surface area contributed by atoms with Crippen LogP contribution in [-0.4, -0.2) is 121 Å². The van der Waals surface area contributed by atoms with Gasteiger partial charge in [0.05, 0.1) is 35.6 Å². The fourth-order valence-electron chi connectivity index (χ4n) is 5.01. The molecule has 20 nitrogen and oxygen atoms in total. The van der Waals surface area contributed by atoms with E-state index in [9.17, 15) is 71.1 Å². The summed E-state index contributed by atoms with van der Waals surface area (Å²) in [6.07, 6.45) is 0. The van der Waals surface area contributed by atoms with E-state index in [0.717, 1.165) is 9.80 Å². The van der Waals surface area contributed by atoms with Crippen LogP contribution in [0.5, 0.6) is 0 Å². The van der Waals surface area contributed by atoms with Gasteiger partial charge < -0.3 is 10.6 Å². The Hall–Kier alpha value is -4.56. The molecule has 2 aromatic carbocycles. The van der Waals surface area contributed by atoms with Crippen LogP contribution in [0.25, 0.3) is 11.4 Å². The van der Waals surface area contributed by atoms with Gasteiger partial charge >= 0.3 is 0 Å². The second-order valence-electron chi connectivity index (χ2n) is 10.5. The van der Waals surface area contributed by atoms with E-state index in [1.54, 1.807) is 12.1 Å². The Morgan fingerprint density at radius 3 is 1.08 bits per heavy atom. The van der Waals surface area contributed by atoms with E-state index in [4.69, 9.17) is 0 Å². The molecule has 4 rings (SSSR count). The predicted molar refractivity (Wildman–Crippen MR) is 170 cm³/mol. The number of fused-ring (bicyclic) bond motifs is 1. The van der Waals surface area contributed by atoms with Gasteiger partial charge in [-0.25, -0.2) is 0 Å². The van der Waals surface area contributed by atoms with Crippen LogP contribution >= 0.6 is 0 Å². The Morgan fingerprint density at radius 2 is 0.820 bits per heavy atom. The van der Waals surface area contributed by atoms with Crippen molar-refractivity contribution < 1.29 is 71.1 Å². The van der Waals surface area contributed by atoms with Crippen LogP contribution in [0.2, 0.25) is 0 Å². The zero-order valence-electron chi connectivity index (χ0n) is 25.0. The molecule has 24 heteroatoms. The first kappa shape index (κ1) is 38.2. The maximum Gasteiger partial charge on any atom is 0.286 e. The van der Waals surface area contributed by atoms with E-state index >= 15 is 0 Å². The number of hydrogen-bond acceptors (Lipinski definition) is 12. The van der Waals surface area contributed by atoms with E-state index in [1.807, 2.05) is 10.6 Å². The van der Waals surface area contributed by atoms with Crippen molar-refractivity contribution in [1.82, 2.24) is 20.4 Å². The minimum atomic E-state index is -5.42. The highest BCUT2D eigenvalue weighted by atomic mass is 32.3.